The maximum absolute atomic E-state index is 2.49. The van der Waals surface area contributed by atoms with Crippen LogP contribution in [0.3, 0.4) is 0 Å². The SMILES string of the molecule is c1ccc(-c2ccccc2-c2c(-c3ccccc3)cccc2N(c2cccc(-c3cccc4c3sc3ccccc34)c2)c2cccc3ccccc23)cc1. The summed E-state index contributed by atoms with van der Waals surface area (Å²) in [5.41, 5.74) is 12.9. The summed E-state index contributed by atoms with van der Waals surface area (Å²) in [5.74, 6) is 0. The van der Waals surface area contributed by atoms with E-state index in [4.69, 9.17) is 0 Å². The Bertz CT molecular complexity index is 2940. The van der Waals surface area contributed by atoms with E-state index in [-0.39, 0.29) is 0 Å². The third-order valence-electron chi connectivity index (χ3n) is 10.5. The van der Waals surface area contributed by atoms with Crippen LogP contribution in [-0.2, 0) is 0 Å². The highest BCUT2D eigenvalue weighted by atomic mass is 32.1. The lowest BCUT2D eigenvalue weighted by Crippen LogP contribution is -2.12. The van der Waals surface area contributed by atoms with E-state index in [0.29, 0.717) is 0 Å². The molecule has 0 aliphatic heterocycles. The van der Waals surface area contributed by atoms with Crippen molar-refractivity contribution in [2.45, 2.75) is 0 Å². The Kier molecular flexibility index (Phi) is 8.09. The first-order chi connectivity index (χ1) is 26.8. The molecule has 0 aliphatic carbocycles. The van der Waals surface area contributed by atoms with Gasteiger partial charge in [-0.05, 0) is 74.7 Å². The molecule has 2 heteroatoms. The number of fused-ring (bicyclic) bond motifs is 4. The van der Waals surface area contributed by atoms with Crippen LogP contribution in [0.4, 0.5) is 17.1 Å². The maximum atomic E-state index is 2.49. The highest BCUT2D eigenvalue weighted by Crippen LogP contribution is 2.50. The van der Waals surface area contributed by atoms with Crippen LogP contribution in [0.1, 0.15) is 0 Å². The van der Waals surface area contributed by atoms with Crippen molar-refractivity contribution in [1.29, 1.82) is 0 Å². The lowest BCUT2D eigenvalue weighted by molar-refractivity contribution is 1.30. The van der Waals surface area contributed by atoms with Gasteiger partial charge in [0.05, 0.1) is 11.4 Å². The molecule has 254 valence electrons. The summed E-state index contributed by atoms with van der Waals surface area (Å²) in [7, 11) is 0. The summed E-state index contributed by atoms with van der Waals surface area (Å²) in [6, 6.07) is 77.2. The predicted molar refractivity (Wildman–Crippen MR) is 233 cm³/mol. The lowest BCUT2D eigenvalue weighted by atomic mass is 9.87. The van der Waals surface area contributed by atoms with E-state index < -0.39 is 0 Å². The maximum Gasteiger partial charge on any atom is 0.0546 e. The molecule has 9 aromatic carbocycles. The molecule has 0 bridgehead atoms. The Labute approximate surface area is 319 Å². The molecule has 0 N–H and O–H groups in total. The second kappa shape index (κ2) is 13.7. The minimum Gasteiger partial charge on any atom is -0.309 e. The molecule has 0 saturated carbocycles. The third kappa shape index (κ3) is 5.56. The predicted octanol–water partition coefficient (Wildman–Crippen LogP) is 15.3. The summed E-state index contributed by atoms with van der Waals surface area (Å²) in [6.45, 7) is 0. The highest BCUT2D eigenvalue weighted by Gasteiger charge is 2.24. The van der Waals surface area contributed by atoms with E-state index >= 15 is 0 Å². The quantitative estimate of drug-likeness (QED) is 0.160. The Morgan fingerprint density at radius 2 is 0.870 bits per heavy atom. The van der Waals surface area contributed by atoms with E-state index in [1.54, 1.807) is 0 Å². The molecule has 0 fully saturated rings. The average Bonchev–Trinajstić information content (AvgIpc) is 3.64. The zero-order valence-corrected chi connectivity index (χ0v) is 30.4. The number of nitrogens with zero attached hydrogens (tertiary/aromatic N) is 1. The number of rotatable bonds is 7. The molecule has 0 unspecified atom stereocenters. The van der Waals surface area contributed by atoms with Gasteiger partial charge >= 0.3 is 0 Å². The Hall–Kier alpha value is -6.74. The van der Waals surface area contributed by atoms with Gasteiger partial charge in [0.1, 0.15) is 0 Å². The van der Waals surface area contributed by atoms with E-state index in [9.17, 15) is 0 Å². The van der Waals surface area contributed by atoms with Crippen LogP contribution in [0.2, 0.25) is 0 Å². The molecular formula is C52H35NS. The van der Waals surface area contributed by atoms with Crippen LogP contribution < -0.4 is 4.90 Å². The molecule has 10 aromatic rings. The molecule has 0 radical (unpaired) electrons. The second-order valence-corrected chi connectivity index (χ2v) is 14.7. The minimum atomic E-state index is 1.10. The minimum absolute atomic E-state index is 1.10. The van der Waals surface area contributed by atoms with Crippen LogP contribution in [0.25, 0.3) is 75.5 Å². The van der Waals surface area contributed by atoms with Gasteiger partial charge in [0.2, 0.25) is 0 Å². The molecular weight excluding hydrogens is 671 g/mol. The van der Waals surface area contributed by atoms with Gasteiger partial charge in [-0.1, -0.05) is 182 Å². The normalized spacial score (nSPS) is 11.3. The molecule has 1 aromatic heterocycles. The fraction of sp³-hybridized carbons (Fsp3) is 0. The van der Waals surface area contributed by atoms with Crippen LogP contribution in [-0.4, -0.2) is 0 Å². The molecule has 1 heterocycles. The molecule has 54 heavy (non-hydrogen) atoms. The van der Waals surface area contributed by atoms with E-state index in [0.717, 1.165) is 17.1 Å². The van der Waals surface area contributed by atoms with Gasteiger partial charge in [-0.15, -0.1) is 11.3 Å². The highest BCUT2D eigenvalue weighted by molar-refractivity contribution is 7.26. The number of hydrogen-bond donors (Lipinski definition) is 0. The summed E-state index contributed by atoms with van der Waals surface area (Å²) in [6.07, 6.45) is 0. The summed E-state index contributed by atoms with van der Waals surface area (Å²) in [5, 5.41) is 5.02. The largest absolute Gasteiger partial charge is 0.309 e. The van der Waals surface area contributed by atoms with Crippen molar-refractivity contribution in [3.05, 3.63) is 212 Å². The molecule has 0 saturated heterocycles. The first kappa shape index (κ1) is 32.0. The topological polar surface area (TPSA) is 3.24 Å². The van der Waals surface area contributed by atoms with Crippen molar-refractivity contribution in [1.82, 2.24) is 0 Å². The fourth-order valence-electron chi connectivity index (χ4n) is 8.04. The van der Waals surface area contributed by atoms with Gasteiger partial charge in [-0.2, -0.15) is 0 Å². The van der Waals surface area contributed by atoms with Gasteiger partial charge in [-0.25, -0.2) is 0 Å². The number of anilines is 3. The van der Waals surface area contributed by atoms with Crippen molar-refractivity contribution >= 4 is 59.3 Å². The van der Waals surface area contributed by atoms with E-state index in [1.165, 1.54) is 75.5 Å². The van der Waals surface area contributed by atoms with Crippen molar-refractivity contribution in [3.8, 4) is 44.5 Å². The van der Waals surface area contributed by atoms with Crippen LogP contribution in [0, 0.1) is 0 Å². The number of benzene rings is 9. The van der Waals surface area contributed by atoms with Crippen LogP contribution in [0.15, 0.2) is 212 Å². The third-order valence-corrected chi connectivity index (χ3v) is 11.7. The molecule has 10 rings (SSSR count). The monoisotopic (exact) mass is 705 g/mol. The molecule has 0 spiro atoms. The Morgan fingerprint density at radius 3 is 1.70 bits per heavy atom. The Balaban J connectivity index is 1.27. The van der Waals surface area contributed by atoms with Crippen LogP contribution in [0.5, 0.6) is 0 Å². The smallest absolute Gasteiger partial charge is 0.0546 e. The zero-order valence-electron chi connectivity index (χ0n) is 29.6. The molecule has 0 amide bonds. The van der Waals surface area contributed by atoms with Gasteiger partial charge < -0.3 is 4.90 Å². The summed E-state index contributed by atoms with van der Waals surface area (Å²) < 4.78 is 2.63. The van der Waals surface area contributed by atoms with E-state index in [1.807, 2.05) is 11.3 Å². The first-order valence-corrected chi connectivity index (χ1v) is 19.3. The summed E-state index contributed by atoms with van der Waals surface area (Å²) >= 11 is 1.88. The van der Waals surface area contributed by atoms with Crippen molar-refractivity contribution in [3.63, 3.8) is 0 Å². The van der Waals surface area contributed by atoms with Gasteiger partial charge in [0, 0.05) is 36.8 Å². The molecule has 1 nitrogen and oxygen atoms in total. The first-order valence-electron chi connectivity index (χ1n) is 18.4. The van der Waals surface area contributed by atoms with Gasteiger partial charge in [0.25, 0.3) is 0 Å². The second-order valence-electron chi connectivity index (χ2n) is 13.6. The average molecular weight is 706 g/mol. The standard InChI is InChI=1S/C52H35NS/c1-3-17-36(18-4-1)41-25-9-10-28-46(41)51-43(38-19-5-2-6-20-38)29-16-33-49(51)53(48-32-14-22-37-21-7-8-26-42(37)48)40-24-13-23-39(35-40)44-30-15-31-47-45-27-11-12-34-50(45)54-52(44)47/h1-35H. The zero-order chi connectivity index (χ0) is 35.8. The fourth-order valence-corrected chi connectivity index (χ4v) is 9.27. The number of hydrogen-bond acceptors (Lipinski definition) is 2. The van der Waals surface area contributed by atoms with Gasteiger partial charge in [0.15, 0.2) is 0 Å². The Morgan fingerprint density at radius 1 is 0.333 bits per heavy atom. The molecule has 0 aliphatic rings. The summed E-state index contributed by atoms with van der Waals surface area (Å²) in [4.78, 5) is 2.49. The number of thiophene rings is 1. The van der Waals surface area contributed by atoms with E-state index in [2.05, 4.69) is 217 Å². The van der Waals surface area contributed by atoms with Crippen molar-refractivity contribution < 1.29 is 0 Å². The van der Waals surface area contributed by atoms with Crippen molar-refractivity contribution in [2.75, 3.05) is 4.90 Å². The lowest BCUT2D eigenvalue weighted by Gasteiger charge is -2.31. The van der Waals surface area contributed by atoms with Gasteiger partial charge in [-0.3, -0.25) is 0 Å². The van der Waals surface area contributed by atoms with Crippen LogP contribution >= 0.6 is 11.3 Å². The van der Waals surface area contributed by atoms with Crippen molar-refractivity contribution in [2.24, 2.45) is 0 Å². The molecule has 0 atom stereocenters.